The molecular weight excluding hydrogens is 208 g/mol. The van der Waals surface area contributed by atoms with Crippen LogP contribution in [0.25, 0.3) is 0 Å². The van der Waals surface area contributed by atoms with Crippen LogP contribution >= 0.6 is 15.9 Å². The lowest BCUT2D eigenvalue weighted by Crippen LogP contribution is -1.97. The van der Waals surface area contributed by atoms with E-state index in [9.17, 15) is 5.11 Å². The summed E-state index contributed by atoms with van der Waals surface area (Å²) in [6.07, 6.45) is 2.04. The molecule has 64 valence electrons. The highest BCUT2D eigenvalue weighted by Crippen LogP contribution is 2.14. The fourth-order valence-electron chi connectivity index (χ4n) is 0.686. The van der Waals surface area contributed by atoms with Crippen LogP contribution in [0.3, 0.4) is 0 Å². The normalized spacial score (nSPS) is 15.2. The Morgan fingerprint density at radius 3 is 2.64 bits per heavy atom. The van der Waals surface area contributed by atoms with Crippen LogP contribution in [0.15, 0.2) is 24.2 Å². The first kappa shape index (κ1) is 10.6. The van der Waals surface area contributed by atoms with Gasteiger partial charge in [-0.25, -0.2) is 0 Å². The summed E-state index contributed by atoms with van der Waals surface area (Å²) in [6, 6.07) is 0. The van der Waals surface area contributed by atoms with Crippen LogP contribution in [0.4, 0.5) is 0 Å². The van der Waals surface area contributed by atoms with Crippen molar-refractivity contribution in [1.82, 2.24) is 0 Å². The average Bonchev–Trinajstić information content (AvgIpc) is 1.88. The molecule has 3 heteroatoms. The van der Waals surface area contributed by atoms with Gasteiger partial charge in [-0.05, 0) is 6.08 Å². The largest absolute Gasteiger partial charge is 0.508 e. The minimum atomic E-state index is 0.229. The fourth-order valence-corrected chi connectivity index (χ4v) is 0.993. The lowest BCUT2D eigenvalue weighted by atomic mass is 10.2. The van der Waals surface area contributed by atoms with E-state index < -0.39 is 0 Å². The third-order valence-electron chi connectivity index (χ3n) is 1.16. The van der Waals surface area contributed by atoms with Gasteiger partial charge in [-0.2, -0.15) is 0 Å². The highest BCUT2D eigenvalue weighted by atomic mass is 79.9. The van der Waals surface area contributed by atoms with E-state index in [1.807, 2.05) is 6.92 Å². The van der Waals surface area contributed by atoms with E-state index in [-0.39, 0.29) is 10.6 Å². The Morgan fingerprint density at radius 2 is 2.36 bits per heavy atom. The molecule has 0 aromatic rings. The lowest BCUT2D eigenvalue weighted by Gasteiger charge is -2.06. The van der Waals surface area contributed by atoms with Crippen molar-refractivity contribution in [2.24, 2.45) is 0 Å². The summed E-state index contributed by atoms with van der Waals surface area (Å²) in [6.45, 7) is 5.45. The van der Waals surface area contributed by atoms with Crippen LogP contribution in [-0.4, -0.2) is 17.0 Å². The fraction of sp³-hybridized carbons (Fsp3) is 0.500. The van der Waals surface area contributed by atoms with Crippen LogP contribution in [-0.2, 0) is 4.74 Å². The quantitative estimate of drug-likeness (QED) is 0.449. The molecule has 0 amide bonds. The van der Waals surface area contributed by atoms with Gasteiger partial charge in [0.05, 0.1) is 7.11 Å². The van der Waals surface area contributed by atoms with E-state index in [2.05, 4.69) is 22.5 Å². The summed E-state index contributed by atoms with van der Waals surface area (Å²) >= 11 is 3.32. The summed E-state index contributed by atoms with van der Waals surface area (Å²) in [5, 5.41) is 9.33. The molecule has 0 aromatic heterocycles. The van der Waals surface area contributed by atoms with Gasteiger partial charge in [0, 0.05) is 11.2 Å². The standard InChI is InChI=1S/C8H13BrO2/c1-4-8(11-3)7(10)5-6(2)9/h4,6,10H,1,5H2,2-3H3/b8-7-. The first-order chi connectivity index (χ1) is 5.11. The molecular formula is C8H13BrO2. The number of aliphatic hydroxyl groups excluding tert-OH is 1. The van der Waals surface area contributed by atoms with Crippen LogP contribution in [0.1, 0.15) is 13.3 Å². The number of hydrogen-bond acceptors (Lipinski definition) is 2. The number of ether oxygens (including phenoxy) is 1. The van der Waals surface area contributed by atoms with Crippen molar-refractivity contribution in [3.63, 3.8) is 0 Å². The van der Waals surface area contributed by atoms with Gasteiger partial charge in [-0.1, -0.05) is 29.4 Å². The number of hydrogen-bond donors (Lipinski definition) is 1. The summed E-state index contributed by atoms with van der Waals surface area (Å²) in [4.78, 5) is 0.243. The summed E-state index contributed by atoms with van der Waals surface area (Å²) in [5.41, 5.74) is 0. The van der Waals surface area contributed by atoms with E-state index in [1.54, 1.807) is 0 Å². The van der Waals surface area contributed by atoms with Crippen molar-refractivity contribution < 1.29 is 9.84 Å². The number of alkyl halides is 1. The first-order valence-corrected chi connectivity index (χ1v) is 4.26. The Labute approximate surface area is 75.7 Å². The van der Waals surface area contributed by atoms with E-state index in [4.69, 9.17) is 4.74 Å². The zero-order valence-electron chi connectivity index (χ0n) is 6.80. The molecule has 1 unspecified atom stereocenters. The number of rotatable bonds is 4. The molecule has 0 bridgehead atoms. The second kappa shape index (κ2) is 5.24. The predicted molar refractivity (Wildman–Crippen MR) is 49.9 cm³/mol. The van der Waals surface area contributed by atoms with Gasteiger partial charge in [0.15, 0.2) is 5.76 Å². The van der Waals surface area contributed by atoms with Crippen molar-refractivity contribution in [3.8, 4) is 0 Å². The molecule has 2 nitrogen and oxygen atoms in total. The van der Waals surface area contributed by atoms with E-state index in [0.717, 1.165) is 0 Å². The number of aliphatic hydroxyl groups is 1. The smallest absolute Gasteiger partial charge is 0.155 e. The molecule has 0 aliphatic rings. The zero-order valence-corrected chi connectivity index (χ0v) is 8.39. The molecule has 0 saturated carbocycles. The molecule has 1 N–H and O–H groups in total. The van der Waals surface area contributed by atoms with Gasteiger partial charge in [-0.3, -0.25) is 0 Å². The third kappa shape index (κ3) is 4.09. The molecule has 0 aliphatic carbocycles. The summed E-state index contributed by atoms with van der Waals surface area (Å²) < 4.78 is 4.85. The van der Waals surface area contributed by atoms with Gasteiger partial charge in [0.25, 0.3) is 0 Å². The SMILES string of the molecule is C=C/C(OC)=C(/O)CC(C)Br. The maximum atomic E-state index is 9.33. The first-order valence-electron chi connectivity index (χ1n) is 3.34. The van der Waals surface area contributed by atoms with Crippen LogP contribution in [0.2, 0.25) is 0 Å². The van der Waals surface area contributed by atoms with Crippen molar-refractivity contribution in [2.45, 2.75) is 18.2 Å². The Hall–Kier alpha value is -0.440. The van der Waals surface area contributed by atoms with E-state index in [0.29, 0.717) is 12.2 Å². The van der Waals surface area contributed by atoms with Crippen molar-refractivity contribution in [3.05, 3.63) is 24.2 Å². The lowest BCUT2D eigenvalue weighted by molar-refractivity contribution is 0.262. The van der Waals surface area contributed by atoms with Gasteiger partial charge in [0.2, 0.25) is 0 Å². The molecule has 0 rings (SSSR count). The van der Waals surface area contributed by atoms with E-state index >= 15 is 0 Å². The monoisotopic (exact) mass is 220 g/mol. The van der Waals surface area contributed by atoms with E-state index in [1.165, 1.54) is 13.2 Å². The van der Waals surface area contributed by atoms with Gasteiger partial charge >= 0.3 is 0 Å². The second-order valence-corrected chi connectivity index (χ2v) is 3.77. The third-order valence-corrected chi connectivity index (χ3v) is 1.49. The number of methoxy groups -OCH3 is 1. The molecule has 11 heavy (non-hydrogen) atoms. The Kier molecular flexibility index (Phi) is 5.03. The van der Waals surface area contributed by atoms with Crippen LogP contribution in [0, 0.1) is 0 Å². The maximum absolute atomic E-state index is 9.33. The van der Waals surface area contributed by atoms with Crippen LogP contribution < -0.4 is 0 Å². The molecule has 1 atom stereocenters. The number of halogens is 1. The molecule has 0 saturated heterocycles. The molecule has 0 fully saturated rings. The van der Waals surface area contributed by atoms with Crippen molar-refractivity contribution in [1.29, 1.82) is 0 Å². The second-order valence-electron chi connectivity index (χ2n) is 2.20. The molecule has 0 radical (unpaired) electrons. The van der Waals surface area contributed by atoms with Crippen molar-refractivity contribution >= 4 is 15.9 Å². The molecule has 0 spiro atoms. The summed E-state index contributed by atoms with van der Waals surface area (Å²) in [7, 11) is 1.51. The minimum Gasteiger partial charge on any atom is -0.508 e. The van der Waals surface area contributed by atoms with Crippen LogP contribution in [0.5, 0.6) is 0 Å². The maximum Gasteiger partial charge on any atom is 0.155 e. The predicted octanol–water partition coefficient (Wildman–Crippen LogP) is 2.76. The van der Waals surface area contributed by atoms with Crippen molar-refractivity contribution in [2.75, 3.05) is 7.11 Å². The zero-order chi connectivity index (χ0) is 8.85. The van der Waals surface area contributed by atoms with Gasteiger partial charge in [0.1, 0.15) is 5.76 Å². The topological polar surface area (TPSA) is 29.5 Å². The number of allylic oxidation sites excluding steroid dienone is 2. The van der Waals surface area contributed by atoms with Gasteiger partial charge < -0.3 is 9.84 Å². The summed E-state index contributed by atoms with van der Waals surface area (Å²) in [5.74, 6) is 0.670. The Balaban J connectivity index is 4.23. The molecule has 0 heterocycles. The highest BCUT2D eigenvalue weighted by molar-refractivity contribution is 9.09. The minimum absolute atomic E-state index is 0.229. The average molecular weight is 221 g/mol. The van der Waals surface area contributed by atoms with Gasteiger partial charge in [-0.15, -0.1) is 0 Å². The molecule has 0 aliphatic heterocycles. The Morgan fingerprint density at radius 1 is 1.82 bits per heavy atom. The Bertz CT molecular complexity index is 161. The highest BCUT2D eigenvalue weighted by Gasteiger charge is 2.05. The molecule has 0 aromatic carbocycles.